The molecule has 0 saturated heterocycles. The van der Waals surface area contributed by atoms with Crippen molar-refractivity contribution in [3.63, 3.8) is 0 Å². The van der Waals surface area contributed by atoms with Crippen LogP contribution < -0.4 is 4.74 Å². The second kappa shape index (κ2) is 11.5. The number of halogens is 1. The van der Waals surface area contributed by atoms with Crippen LogP contribution in [-0.2, 0) is 19.7 Å². The highest BCUT2D eigenvalue weighted by Crippen LogP contribution is 2.18. The zero-order chi connectivity index (χ0) is 22.9. The number of rotatable bonds is 10. The van der Waals surface area contributed by atoms with Gasteiger partial charge in [-0.3, -0.25) is 4.79 Å². The first-order chi connectivity index (χ1) is 16.2. The molecule has 4 rings (SSSR count). The van der Waals surface area contributed by atoms with Crippen LogP contribution in [0, 0.1) is 0 Å². The molecule has 0 bridgehead atoms. The van der Waals surface area contributed by atoms with Gasteiger partial charge in [0.25, 0.3) is 5.91 Å². The average molecular weight is 504 g/mol. The van der Waals surface area contributed by atoms with Crippen LogP contribution >= 0.6 is 15.9 Å². The molecule has 4 aromatic rings. The standard InChI is InChI=1S/C27H26BrN3O2/c28-25-11-9-24(10-12-25)27(32)31(17-4-16-30-18-15-29-21-30)19-22-7-13-26(14-8-22)33-20-23-5-2-1-3-6-23/h1-3,5-15,18,21H,4,16-17,19-20H2. The molecule has 0 aliphatic heterocycles. The maximum Gasteiger partial charge on any atom is 0.254 e. The number of hydrogen-bond acceptors (Lipinski definition) is 3. The molecule has 0 unspecified atom stereocenters. The van der Waals surface area contributed by atoms with Gasteiger partial charge < -0.3 is 14.2 Å². The van der Waals surface area contributed by atoms with Gasteiger partial charge in [0.15, 0.2) is 0 Å². The quantitative estimate of drug-likeness (QED) is 0.268. The van der Waals surface area contributed by atoms with E-state index < -0.39 is 0 Å². The summed E-state index contributed by atoms with van der Waals surface area (Å²) >= 11 is 3.44. The van der Waals surface area contributed by atoms with Crippen LogP contribution in [0.3, 0.4) is 0 Å². The topological polar surface area (TPSA) is 47.4 Å². The number of ether oxygens (including phenoxy) is 1. The molecule has 1 aromatic heterocycles. The Morgan fingerprint density at radius 3 is 2.39 bits per heavy atom. The third-order valence-corrected chi connectivity index (χ3v) is 5.86. The van der Waals surface area contributed by atoms with E-state index in [0.717, 1.165) is 34.3 Å². The summed E-state index contributed by atoms with van der Waals surface area (Å²) in [7, 11) is 0. The maximum absolute atomic E-state index is 13.2. The second-order valence-corrected chi connectivity index (χ2v) is 8.72. The predicted octanol–water partition coefficient (Wildman–Crippen LogP) is 5.96. The Morgan fingerprint density at radius 2 is 1.70 bits per heavy atom. The predicted molar refractivity (Wildman–Crippen MR) is 133 cm³/mol. The molecule has 0 N–H and O–H groups in total. The van der Waals surface area contributed by atoms with Crippen LogP contribution in [0.1, 0.15) is 27.9 Å². The number of carbonyl (C=O) groups is 1. The number of imidazole rings is 1. The average Bonchev–Trinajstić information content (AvgIpc) is 3.37. The van der Waals surface area contributed by atoms with E-state index in [1.807, 2.05) is 94.5 Å². The van der Waals surface area contributed by atoms with Crippen molar-refractivity contribution in [2.75, 3.05) is 6.54 Å². The molecule has 0 fully saturated rings. The lowest BCUT2D eigenvalue weighted by molar-refractivity contribution is 0.0739. The molecule has 1 heterocycles. The minimum absolute atomic E-state index is 0.0255. The van der Waals surface area contributed by atoms with Crippen molar-refractivity contribution in [3.05, 3.63) is 119 Å². The van der Waals surface area contributed by atoms with Crippen LogP contribution in [0.2, 0.25) is 0 Å². The minimum Gasteiger partial charge on any atom is -0.489 e. The van der Waals surface area contributed by atoms with Gasteiger partial charge in [-0.05, 0) is 53.9 Å². The highest BCUT2D eigenvalue weighted by atomic mass is 79.9. The third-order valence-electron chi connectivity index (χ3n) is 5.33. The number of aryl methyl sites for hydroxylation is 1. The van der Waals surface area contributed by atoms with Gasteiger partial charge >= 0.3 is 0 Å². The van der Waals surface area contributed by atoms with Gasteiger partial charge in [-0.25, -0.2) is 4.98 Å². The normalized spacial score (nSPS) is 10.7. The lowest BCUT2D eigenvalue weighted by atomic mass is 10.1. The Hall–Kier alpha value is -3.38. The zero-order valence-electron chi connectivity index (χ0n) is 18.3. The first kappa shape index (κ1) is 22.8. The molecule has 1 amide bonds. The van der Waals surface area contributed by atoms with E-state index in [4.69, 9.17) is 4.74 Å². The number of carbonyl (C=O) groups excluding carboxylic acids is 1. The van der Waals surface area contributed by atoms with Crippen LogP contribution in [0.5, 0.6) is 5.75 Å². The Kier molecular flexibility index (Phi) is 7.93. The molecule has 33 heavy (non-hydrogen) atoms. The van der Waals surface area contributed by atoms with Crippen molar-refractivity contribution in [1.29, 1.82) is 0 Å². The van der Waals surface area contributed by atoms with Gasteiger partial charge in [0.05, 0.1) is 6.33 Å². The van der Waals surface area contributed by atoms with E-state index in [-0.39, 0.29) is 5.91 Å². The van der Waals surface area contributed by atoms with Gasteiger partial charge in [-0.2, -0.15) is 0 Å². The first-order valence-electron chi connectivity index (χ1n) is 10.9. The smallest absolute Gasteiger partial charge is 0.254 e. The monoisotopic (exact) mass is 503 g/mol. The number of aromatic nitrogens is 2. The van der Waals surface area contributed by atoms with Gasteiger partial charge in [0, 0.05) is 42.1 Å². The van der Waals surface area contributed by atoms with E-state index >= 15 is 0 Å². The Morgan fingerprint density at radius 1 is 0.939 bits per heavy atom. The lowest BCUT2D eigenvalue weighted by Crippen LogP contribution is -2.32. The van der Waals surface area contributed by atoms with Crippen molar-refractivity contribution in [2.45, 2.75) is 26.1 Å². The lowest BCUT2D eigenvalue weighted by Gasteiger charge is -2.23. The molecule has 0 aliphatic carbocycles. The summed E-state index contributed by atoms with van der Waals surface area (Å²) in [6.45, 7) is 2.54. The molecule has 5 nitrogen and oxygen atoms in total. The summed E-state index contributed by atoms with van der Waals surface area (Å²) in [5.74, 6) is 0.839. The van der Waals surface area contributed by atoms with E-state index in [1.165, 1.54) is 0 Å². The highest BCUT2D eigenvalue weighted by molar-refractivity contribution is 9.10. The van der Waals surface area contributed by atoms with Crippen molar-refractivity contribution in [2.24, 2.45) is 0 Å². The molecule has 0 atom stereocenters. The minimum atomic E-state index is 0.0255. The number of benzene rings is 3. The maximum atomic E-state index is 13.2. The molecule has 0 saturated carbocycles. The van der Waals surface area contributed by atoms with Crippen LogP contribution in [0.25, 0.3) is 0 Å². The van der Waals surface area contributed by atoms with Gasteiger partial charge in [-0.1, -0.05) is 58.4 Å². The fourth-order valence-corrected chi connectivity index (χ4v) is 3.81. The zero-order valence-corrected chi connectivity index (χ0v) is 19.9. The number of hydrogen-bond donors (Lipinski definition) is 0. The second-order valence-electron chi connectivity index (χ2n) is 7.81. The van der Waals surface area contributed by atoms with Gasteiger partial charge in [-0.15, -0.1) is 0 Å². The summed E-state index contributed by atoms with van der Waals surface area (Å²) in [4.78, 5) is 19.2. The summed E-state index contributed by atoms with van der Waals surface area (Å²) in [5.41, 5.74) is 2.88. The van der Waals surface area contributed by atoms with E-state index in [2.05, 4.69) is 20.9 Å². The summed E-state index contributed by atoms with van der Waals surface area (Å²) < 4.78 is 8.88. The number of amides is 1. The van der Waals surface area contributed by atoms with Gasteiger partial charge in [0.2, 0.25) is 0 Å². The van der Waals surface area contributed by atoms with E-state index in [0.29, 0.717) is 25.3 Å². The van der Waals surface area contributed by atoms with Crippen LogP contribution in [-0.4, -0.2) is 26.9 Å². The number of nitrogens with zero attached hydrogens (tertiary/aromatic N) is 3. The van der Waals surface area contributed by atoms with Crippen molar-refractivity contribution in [3.8, 4) is 5.75 Å². The molecular formula is C27H26BrN3O2. The fourth-order valence-electron chi connectivity index (χ4n) is 3.54. The van der Waals surface area contributed by atoms with Crippen LogP contribution in [0.15, 0.2) is 102 Å². The highest BCUT2D eigenvalue weighted by Gasteiger charge is 2.16. The van der Waals surface area contributed by atoms with Crippen molar-refractivity contribution < 1.29 is 9.53 Å². The molecule has 168 valence electrons. The van der Waals surface area contributed by atoms with Crippen molar-refractivity contribution >= 4 is 21.8 Å². The first-order valence-corrected chi connectivity index (χ1v) is 11.7. The van der Waals surface area contributed by atoms with Crippen LogP contribution in [0.4, 0.5) is 0 Å². The van der Waals surface area contributed by atoms with E-state index in [1.54, 1.807) is 12.5 Å². The Balaban J connectivity index is 1.40. The summed E-state index contributed by atoms with van der Waals surface area (Å²) in [6, 6.07) is 25.6. The third kappa shape index (κ3) is 6.80. The Bertz CT molecular complexity index is 1130. The molecular weight excluding hydrogens is 478 g/mol. The molecule has 6 heteroatoms. The molecule has 0 aliphatic rings. The summed E-state index contributed by atoms with van der Waals surface area (Å²) in [6.07, 6.45) is 6.35. The molecule has 0 spiro atoms. The fraction of sp³-hybridized carbons (Fsp3) is 0.185. The Labute approximate surface area is 202 Å². The van der Waals surface area contributed by atoms with Crippen molar-refractivity contribution in [1.82, 2.24) is 14.5 Å². The molecule has 3 aromatic carbocycles. The van der Waals surface area contributed by atoms with E-state index in [9.17, 15) is 4.79 Å². The van der Waals surface area contributed by atoms with Gasteiger partial charge in [0.1, 0.15) is 12.4 Å². The molecule has 0 radical (unpaired) electrons. The SMILES string of the molecule is O=C(c1ccc(Br)cc1)N(CCCn1ccnc1)Cc1ccc(OCc2ccccc2)cc1. The summed E-state index contributed by atoms with van der Waals surface area (Å²) in [5, 5.41) is 0. The largest absolute Gasteiger partial charge is 0.489 e.